The van der Waals surface area contributed by atoms with Gasteiger partial charge in [0.1, 0.15) is 0 Å². The fraction of sp³-hybridized carbons (Fsp3) is 0.469. The number of aryl methyl sites for hydroxylation is 4. The second kappa shape index (κ2) is 14.7. The Bertz CT molecular complexity index is 1180. The predicted molar refractivity (Wildman–Crippen MR) is 167 cm³/mol. The molecule has 0 nitrogen and oxygen atoms in total. The second-order valence-electron chi connectivity index (χ2n) is 13.0. The minimum absolute atomic E-state index is 0. The van der Waals surface area contributed by atoms with Crippen LogP contribution in [0.25, 0.3) is 11.1 Å². The number of hydrogen-bond donors (Lipinski definition) is 0. The summed E-state index contributed by atoms with van der Waals surface area (Å²) in [6.07, 6.45) is 1.06. The van der Waals surface area contributed by atoms with Crippen LogP contribution in [0.15, 0.2) is 24.3 Å². The summed E-state index contributed by atoms with van der Waals surface area (Å²) in [5, 5.41) is 3.18. The minimum atomic E-state index is -1.33. The van der Waals surface area contributed by atoms with Crippen molar-refractivity contribution in [3.05, 3.63) is 74.8 Å². The van der Waals surface area contributed by atoms with Crippen LogP contribution in [0, 0.1) is 47.6 Å². The molecular weight excluding hydrogens is 631 g/mol. The van der Waals surface area contributed by atoms with Crippen LogP contribution >= 0.6 is 0 Å². The van der Waals surface area contributed by atoms with Crippen molar-refractivity contribution in [2.75, 3.05) is 0 Å². The molecule has 1 aliphatic carbocycles. The van der Waals surface area contributed by atoms with Crippen LogP contribution in [0.4, 0.5) is 0 Å². The molecule has 0 amide bonds. The molecule has 38 heavy (non-hydrogen) atoms. The third kappa shape index (κ3) is 9.49. The monoisotopic (exact) mass is 676 g/mol. The van der Waals surface area contributed by atoms with Crippen molar-refractivity contribution in [1.82, 2.24) is 0 Å². The van der Waals surface area contributed by atoms with Gasteiger partial charge in [0.15, 0.2) is 0 Å². The molecule has 3 aromatic rings. The van der Waals surface area contributed by atoms with Crippen molar-refractivity contribution < 1.29 is 48.1 Å². The van der Waals surface area contributed by atoms with Crippen molar-refractivity contribution in [2.24, 2.45) is 0 Å². The maximum absolute atomic E-state index is 3.73. The molecule has 1 aliphatic rings. The molecule has 3 aromatic carbocycles. The van der Waals surface area contributed by atoms with Gasteiger partial charge >= 0.3 is 41.9 Å². The third-order valence-electron chi connectivity index (χ3n) is 7.26. The van der Waals surface area contributed by atoms with Crippen LogP contribution in [0.5, 0.6) is 0 Å². The molecule has 208 valence electrons. The zero-order valence-corrected chi connectivity index (χ0v) is 33.2. The first-order chi connectivity index (χ1) is 16.3. The van der Waals surface area contributed by atoms with Crippen LogP contribution in [-0.4, -0.2) is 21.6 Å². The zero-order valence-electron chi connectivity index (χ0n) is 26.3. The predicted octanol–water partition coefficient (Wildman–Crippen LogP) is 2.20. The smallest absolute Gasteiger partial charge is 0.0779 e. The summed E-state index contributed by atoms with van der Waals surface area (Å²) in [5.41, 5.74) is 14.7. The van der Waals surface area contributed by atoms with Crippen LogP contribution in [0.1, 0.15) is 44.5 Å². The Morgan fingerprint density at radius 1 is 0.737 bits per heavy atom. The van der Waals surface area contributed by atoms with E-state index in [4.69, 9.17) is 0 Å². The number of benzene rings is 2. The van der Waals surface area contributed by atoms with Gasteiger partial charge < -0.3 is 24.8 Å². The van der Waals surface area contributed by atoms with Crippen LogP contribution in [0.3, 0.4) is 0 Å². The molecule has 0 aromatic heterocycles. The minimum Gasteiger partial charge on any atom is -1.00 e. The fourth-order valence-corrected chi connectivity index (χ4v) is 8.75. The number of rotatable bonds is 2. The van der Waals surface area contributed by atoms with E-state index in [0.29, 0.717) is 0 Å². The summed E-state index contributed by atoms with van der Waals surface area (Å²) in [7, 11) is -2.63. The van der Waals surface area contributed by atoms with Gasteiger partial charge in [-0.05, 0) is 18.9 Å². The molecule has 0 saturated carbocycles. The molecule has 6 heteroatoms. The van der Waals surface area contributed by atoms with Gasteiger partial charge in [0.25, 0.3) is 0 Å². The van der Waals surface area contributed by atoms with E-state index in [9.17, 15) is 0 Å². The molecule has 0 N–H and O–H groups in total. The Kier molecular flexibility index (Phi) is 14.7. The van der Waals surface area contributed by atoms with Gasteiger partial charge in [-0.3, -0.25) is 0 Å². The van der Waals surface area contributed by atoms with E-state index in [1.54, 1.807) is 33.7 Å². The average Bonchev–Trinajstić information content (AvgIpc) is 3.15. The molecular formula is C32H48Cl2Si3Zr-2. The quantitative estimate of drug-likeness (QED) is 0.226. The normalized spacial score (nSPS) is 11.6. The summed E-state index contributed by atoms with van der Waals surface area (Å²) >= 11 is 1.74. The molecule has 0 radical (unpaired) electrons. The Morgan fingerprint density at radius 3 is 1.53 bits per heavy atom. The summed E-state index contributed by atoms with van der Waals surface area (Å²) in [4.78, 5) is 0. The van der Waals surface area contributed by atoms with Gasteiger partial charge in [-0.25, -0.2) is 0 Å². The van der Waals surface area contributed by atoms with Crippen molar-refractivity contribution in [2.45, 2.75) is 100 Å². The van der Waals surface area contributed by atoms with E-state index in [1.807, 2.05) is 0 Å². The van der Waals surface area contributed by atoms with E-state index < -0.39 is 16.1 Å². The van der Waals surface area contributed by atoms with Gasteiger partial charge in [0, 0.05) is 8.07 Å². The Balaban J connectivity index is 0.000000764. The largest absolute Gasteiger partial charge is 1.00 e. The Morgan fingerprint density at radius 2 is 1.16 bits per heavy atom. The average molecular weight is 679 g/mol. The molecule has 0 atom stereocenters. The molecule has 0 saturated heterocycles. The number of hydrogen-bond acceptors (Lipinski definition) is 0. The van der Waals surface area contributed by atoms with Crippen LogP contribution in [-0.2, 0) is 29.8 Å². The summed E-state index contributed by atoms with van der Waals surface area (Å²) in [5.74, 6) is 0. The van der Waals surface area contributed by atoms with Crippen molar-refractivity contribution in [3.8, 4) is 11.1 Å². The van der Waals surface area contributed by atoms with Crippen LogP contribution in [0.2, 0.25) is 52.4 Å². The zero-order chi connectivity index (χ0) is 27.7. The van der Waals surface area contributed by atoms with E-state index in [-0.39, 0.29) is 30.2 Å². The Hall–Kier alpha value is -0.0962. The first-order valence-electron chi connectivity index (χ1n) is 13.3. The maximum atomic E-state index is 3.73. The molecule has 0 bridgehead atoms. The molecule has 0 aliphatic heterocycles. The first kappa shape index (κ1) is 37.9. The standard InChI is InChI=1S/C21H29Si2.C9H13.C2H6Si.2ClH.Zr/c1-14-9-16-11-17-10-15(2)21(23(6,7)8)13-19(17)18(16)12-20(14)22(3,4)5;1-6-5-7(2)9(4)8(6)3;1-3-2;;;/h9,12-13H,11H2,1-8H3;5H,1-4H3;1-2H3;2*1H;/q2*-1;;;;+2/p-2. The summed E-state index contributed by atoms with van der Waals surface area (Å²) in [6, 6.07) is 13.4. The van der Waals surface area contributed by atoms with Crippen LogP contribution < -0.4 is 35.2 Å². The molecule has 0 heterocycles. The van der Waals surface area contributed by atoms with Gasteiger partial charge in [-0.2, -0.15) is 51.2 Å². The van der Waals surface area contributed by atoms with Crippen molar-refractivity contribution >= 4 is 32.0 Å². The SMILES string of the molecule is C[Si](C)=[Zr+2].Cc1[c-]c2c(cc1[Si](C)(C)C)-c1cc([Si](C)(C)C)c(C)cc1C2.Cc1[cH-]c(C)c(C)c1C.[Cl-].[Cl-]. The summed E-state index contributed by atoms with van der Waals surface area (Å²) < 4.78 is 0. The Labute approximate surface area is 264 Å². The number of fused-ring (bicyclic) bond motifs is 3. The van der Waals surface area contributed by atoms with Gasteiger partial charge in [-0.1, -0.05) is 102 Å². The molecule has 0 unspecified atom stereocenters. The topological polar surface area (TPSA) is 0 Å². The van der Waals surface area contributed by atoms with E-state index in [0.717, 1.165) is 6.42 Å². The maximum Gasteiger partial charge on any atom is 0.0779 e. The third-order valence-corrected chi connectivity index (χ3v) is 11.5. The van der Waals surface area contributed by atoms with Crippen molar-refractivity contribution in [1.29, 1.82) is 0 Å². The number of halogens is 2. The summed E-state index contributed by atoms with van der Waals surface area (Å²) in [6.45, 7) is 32.5. The molecule has 0 spiro atoms. The first-order valence-corrected chi connectivity index (χ1v) is 26.5. The van der Waals surface area contributed by atoms with E-state index in [2.05, 4.69) is 124 Å². The fourth-order valence-electron chi connectivity index (χ4n) is 5.16. The van der Waals surface area contributed by atoms with E-state index in [1.165, 1.54) is 55.6 Å². The second-order valence-corrected chi connectivity index (χ2v) is 32.4. The van der Waals surface area contributed by atoms with Gasteiger partial charge in [-0.15, -0.1) is 11.1 Å². The van der Waals surface area contributed by atoms with Gasteiger partial charge in [0.05, 0.1) is 8.07 Å². The van der Waals surface area contributed by atoms with Crippen molar-refractivity contribution in [3.63, 3.8) is 0 Å². The van der Waals surface area contributed by atoms with Gasteiger partial charge in [0.2, 0.25) is 0 Å². The molecule has 4 rings (SSSR count). The van der Waals surface area contributed by atoms with E-state index >= 15 is 0 Å². The molecule has 0 fully saturated rings.